The van der Waals surface area contributed by atoms with E-state index in [9.17, 15) is 9.90 Å². The van der Waals surface area contributed by atoms with Crippen LogP contribution in [0.15, 0.2) is 54.6 Å². The van der Waals surface area contributed by atoms with Gasteiger partial charge in [0.25, 0.3) is 5.91 Å². The van der Waals surface area contributed by atoms with Gasteiger partial charge in [-0.2, -0.15) is 5.10 Å². The largest absolute Gasteiger partial charge is 0.507 e. The van der Waals surface area contributed by atoms with Crippen LogP contribution in [-0.4, -0.2) is 39.3 Å². The fourth-order valence-corrected chi connectivity index (χ4v) is 5.64. The summed E-state index contributed by atoms with van der Waals surface area (Å²) in [4.78, 5) is 15.7. The number of nitrogens with one attached hydrogen (secondary N) is 1. The summed E-state index contributed by atoms with van der Waals surface area (Å²) in [6.45, 7) is 11.5. The van der Waals surface area contributed by atoms with Crippen molar-refractivity contribution in [2.75, 3.05) is 13.2 Å². The Labute approximate surface area is 246 Å². The molecular weight excluding hydrogens is 538 g/mol. The molecule has 2 N–H and O–H groups in total. The Hall–Kier alpha value is -3.97. The predicted octanol–water partition coefficient (Wildman–Crippen LogP) is 7.62. The van der Waals surface area contributed by atoms with Gasteiger partial charge in [0.15, 0.2) is 11.5 Å². The van der Waals surface area contributed by atoms with Crippen LogP contribution in [-0.2, 0) is 6.54 Å². The standard InChI is InChI=1S/C33H36ClN3O4/c1-6-40-27-17-22(11-12-26(27)41-14-13-19(2)3)32-29-30(28-21(5)15-20(4)16-25(28)38)35-36-31(29)33(39)37(32)18-23-9-7-8-10-24(23)34/h7-12,15-17,19,32,38H,6,13-14,18H2,1-5H3,(H,35,36). The maximum absolute atomic E-state index is 13.9. The molecule has 1 aromatic heterocycles. The quantitative estimate of drug-likeness (QED) is 0.204. The lowest BCUT2D eigenvalue weighted by molar-refractivity contribution is 0.0730. The zero-order chi connectivity index (χ0) is 29.3. The molecule has 7 nitrogen and oxygen atoms in total. The number of fused-ring (bicyclic) bond motifs is 1. The first-order valence-electron chi connectivity index (χ1n) is 14.0. The second kappa shape index (κ2) is 11.9. The summed E-state index contributed by atoms with van der Waals surface area (Å²) in [6.07, 6.45) is 0.928. The average Bonchev–Trinajstić information content (AvgIpc) is 3.44. The van der Waals surface area contributed by atoms with Gasteiger partial charge in [0.1, 0.15) is 17.1 Å². The smallest absolute Gasteiger partial charge is 0.273 e. The molecular formula is C33H36ClN3O4. The number of halogens is 1. The highest BCUT2D eigenvalue weighted by Gasteiger charge is 2.43. The summed E-state index contributed by atoms with van der Waals surface area (Å²) in [5, 5.41) is 19.1. The number of nitrogens with zero attached hydrogens (tertiary/aromatic N) is 2. The highest BCUT2D eigenvalue weighted by Crippen LogP contribution is 2.47. The molecule has 0 saturated carbocycles. The Kier molecular flexibility index (Phi) is 8.27. The molecule has 5 rings (SSSR count). The molecule has 1 aliphatic heterocycles. The Morgan fingerprint density at radius 1 is 1.07 bits per heavy atom. The van der Waals surface area contributed by atoms with E-state index < -0.39 is 6.04 Å². The summed E-state index contributed by atoms with van der Waals surface area (Å²) in [5.74, 6) is 1.73. The van der Waals surface area contributed by atoms with Crippen molar-refractivity contribution in [2.45, 2.75) is 53.6 Å². The van der Waals surface area contributed by atoms with Crippen LogP contribution in [0.2, 0.25) is 5.02 Å². The third kappa shape index (κ3) is 5.64. The van der Waals surface area contributed by atoms with E-state index in [-0.39, 0.29) is 11.7 Å². The Morgan fingerprint density at radius 2 is 1.85 bits per heavy atom. The van der Waals surface area contributed by atoms with Gasteiger partial charge in [-0.15, -0.1) is 0 Å². The summed E-state index contributed by atoms with van der Waals surface area (Å²) < 4.78 is 12.1. The minimum absolute atomic E-state index is 0.122. The number of rotatable bonds is 10. The second-order valence-electron chi connectivity index (χ2n) is 10.9. The van der Waals surface area contributed by atoms with Gasteiger partial charge >= 0.3 is 0 Å². The first-order valence-corrected chi connectivity index (χ1v) is 14.4. The minimum Gasteiger partial charge on any atom is -0.507 e. The molecule has 0 saturated heterocycles. The number of hydrogen-bond acceptors (Lipinski definition) is 5. The van der Waals surface area contributed by atoms with Crippen LogP contribution >= 0.6 is 11.6 Å². The summed E-state index contributed by atoms with van der Waals surface area (Å²) >= 11 is 6.54. The number of carbonyl (C=O) groups is 1. The summed E-state index contributed by atoms with van der Waals surface area (Å²) in [5.41, 5.74) is 5.74. The lowest BCUT2D eigenvalue weighted by Crippen LogP contribution is -2.29. The van der Waals surface area contributed by atoms with Crippen LogP contribution in [0.3, 0.4) is 0 Å². The number of carbonyl (C=O) groups excluding carboxylic acids is 1. The zero-order valence-electron chi connectivity index (χ0n) is 24.1. The van der Waals surface area contributed by atoms with Gasteiger partial charge in [-0.25, -0.2) is 0 Å². The Bertz CT molecular complexity index is 1560. The highest BCUT2D eigenvalue weighted by atomic mass is 35.5. The molecule has 1 atom stereocenters. The van der Waals surface area contributed by atoms with Crippen LogP contribution in [0.5, 0.6) is 17.2 Å². The molecule has 4 aromatic rings. The molecule has 1 amide bonds. The number of hydrogen-bond donors (Lipinski definition) is 2. The van der Waals surface area contributed by atoms with Gasteiger partial charge in [-0.3, -0.25) is 9.89 Å². The number of aryl methyl sites for hydroxylation is 2. The van der Waals surface area contributed by atoms with Crippen molar-refractivity contribution in [1.29, 1.82) is 0 Å². The molecule has 214 valence electrons. The molecule has 1 unspecified atom stereocenters. The number of aromatic hydroxyl groups is 1. The van der Waals surface area contributed by atoms with E-state index in [1.807, 2.05) is 69.3 Å². The number of aromatic nitrogens is 2. The van der Waals surface area contributed by atoms with E-state index in [2.05, 4.69) is 24.0 Å². The fourth-order valence-electron chi connectivity index (χ4n) is 5.45. The van der Waals surface area contributed by atoms with Crippen LogP contribution < -0.4 is 9.47 Å². The van der Waals surface area contributed by atoms with Crippen LogP contribution in [0, 0.1) is 19.8 Å². The maximum atomic E-state index is 13.9. The summed E-state index contributed by atoms with van der Waals surface area (Å²) in [7, 11) is 0. The van der Waals surface area contributed by atoms with Gasteiger partial charge in [-0.1, -0.05) is 55.8 Å². The lowest BCUT2D eigenvalue weighted by Gasteiger charge is -2.28. The zero-order valence-corrected chi connectivity index (χ0v) is 24.9. The van der Waals surface area contributed by atoms with E-state index in [0.717, 1.165) is 28.7 Å². The van der Waals surface area contributed by atoms with Crippen molar-refractivity contribution < 1.29 is 19.4 Å². The number of amides is 1. The molecule has 0 aliphatic carbocycles. The van der Waals surface area contributed by atoms with Crippen molar-refractivity contribution in [3.63, 3.8) is 0 Å². The third-order valence-corrected chi connectivity index (χ3v) is 7.76. The number of ether oxygens (including phenoxy) is 2. The van der Waals surface area contributed by atoms with Gasteiger partial charge in [0, 0.05) is 22.7 Å². The SMILES string of the molecule is CCOc1cc(C2c3c(-c4c(C)cc(C)cc4O)n[nH]c3C(=O)N2Cc2ccccc2Cl)ccc1OCCC(C)C. The molecule has 0 radical (unpaired) electrons. The van der Waals surface area contributed by atoms with Gasteiger partial charge in [0.2, 0.25) is 0 Å². The second-order valence-corrected chi connectivity index (χ2v) is 11.3. The molecule has 0 fully saturated rings. The monoisotopic (exact) mass is 573 g/mol. The maximum Gasteiger partial charge on any atom is 0.273 e. The number of aromatic amines is 1. The van der Waals surface area contributed by atoms with Gasteiger partial charge < -0.3 is 19.5 Å². The molecule has 3 aromatic carbocycles. The molecule has 1 aliphatic rings. The van der Waals surface area contributed by atoms with Gasteiger partial charge in [0.05, 0.1) is 19.3 Å². The van der Waals surface area contributed by atoms with E-state index in [1.165, 1.54) is 0 Å². The lowest BCUT2D eigenvalue weighted by atomic mass is 9.93. The van der Waals surface area contributed by atoms with E-state index >= 15 is 0 Å². The van der Waals surface area contributed by atoms with Crippen molar-refractivity contribution in [2.24, 2.45) is 5.92 Å². The number of phenolic OH excluding ortho intramolecular Hbond substituents is 1. The van der Waals surface area contributed by atoms with Crippen LogP contribution in [0.4, 0.5) is 0 Å². The third-order valence-electron chi connectivity index (χ3n) is 7.39. The predicted molar refractivity (Wildman–Crippen MR) is 161 cm³/mol. The van der Waals surface area contributed by atoms with Crippen LogP contribution in [0.1, 0.15) is 71.5 Å². The van der Waals surface area contributed by atoms with Gasteiger partial charge in [-0.05, 0) is 79.6 Å². The van der Waals surface area contributed by atoms with Crippen LogP contribution in [0.25, 0.3) is 11.3 Å². The van der Waals surface area contributed by atoms with E-state index in [1.54, 1.807) is 11.0 Å². The van der Waals surface area contributed by atoms with Crippen molar-refractivity contribution in [3.05, 3.63) is 93.1 Å². The van der Waals surface area contributed by atoms with Crippen molar-refractivity contribution in [3.8, 4) is 28.5 Å². The number of phenols is 1. The van der Waals surface area contributed by atoms with Crippen molar-refractivity contribution >= 4 is 17.5 Å². The first kappa shape index (κ1) is 28.6. The average molecular weight is 574 g/mol. The number of benzene rings is 3. The fraction of sp³-hybridized carbons (Fsp3) is 0.333. The molecule has 0 spiro atoms. The summed E-state index contributed by atoms with van der Waals surface area (Å²) in [6, 6.07) is 16.6. The van der Waals surface area contributed by atoms with Crippen molar-refractivity contribution in [1.82, 2.24) is 15.1 Å². The molecule has 8 heteroatoms. The normalized spacial score (nSPS) is 14.6. The van der Waals surface area contributed by atoms with E-state index in [4.69, 9.17) is 21.1 Å². The van der Waals surface area contributed by atoms with E-state index in [0.29, 0.717) is 64.7 Å². The highest BCUT2D eigenvalue weighted by molar-refractivity contribution is 6.31. The topological polar surface area (TPSA) is 87.7 Å². The Balaban J connectivity index is 1.65. The first-order chi connectivity index (χ1) is 19.7. The molecule has 41 heavy (non-hydrogen) atoms. The molecule has 0 bridgehead atoms. The Morgan fingerprint density at radius 3 is 2.56 bits per heavy atom. The number of H-pyrrole nitrogens is 1. The molecule has 2 heterocycles. The minimum atomic E-state index is -0.508.